The lowest BCUT2D eigenvalue weighted by Crippen LogP contribution is -2.48. The molecule has 0 saturated carbocycles. The molecule has 3 aromatic carbocycles. The van der Waals surface area contributed by atoms with Crippen LogP contribution in [0, 0.1) is 5.92 Å². The number of methoxy groups -OCH3 is 1. The Bertz CT molecular complexity index is 1130. The predicted octanol–water partition coefficient (Wildman–Crippen LogP) is 5.40. The lowest BCUT2D eigenvalue weighted by atomic mass is 9.92. The van der Waals surface area contributed by atoms with E-state index in [1.54, 1.807) is 7.11 Å². The third-order valence-electron chi connectivity index (χ3n) is 7.13. The van der Waals surface area contributed by atoms with Gasteiger partial charge in [-0.25, -0.2) is 0 Å². The van der Waals surface area contributed by atoms with Gasteiger partial charge in [-0.05, 0) is 80.7 Å². The predicted molar refractivity (Wildman–Crippen MR) is 149 cm³/mol. The summed E-state index contributed by atoms with van der Waals surface area (Å²) in [5, 5.41) is 3.00. The Hall–Kier alpha value is -3.64. The number of carbonyl (C=O) groups is 2. The normalized spacial score (nSPS) is 15.1. The number of para-hydroxylation sites is 1. The monoisotopic (exact) mass is 499 g/mol. The van der Waals surface area contributed by atoms with Crippen LogP contribution in [0.25, 0.3) is 0 Å². The lowest BCUT2D eigenvalue weighted by Gasteiger charge is -2.38. The van der Waals surface area contributed by atoms with E-state index in [-0.39, 0.29) is 17.9 Å². The molecule has 1 heterocycles. The van der Waals surface area contributed by atoms with Gasteiger partial charge < -0.3 is 15.0 Å². The van der Waals surface area contributed by atoms with Crippen molar-refractivity contribution in [3.63, 3.8) is 0 Å². The van der Waals surface area contributed by atoms with Gasteiger partial charge in [0.05, 0.1) is 13.5 Å². The van der Waals surface area contributed by atoms with Crippen molar-refractivity contribution in [2.24, 2.45) is 5.92 Å². The number of likely N-dealkylation sites (tertiary alicyclic amines) is 1. The van der Waals surface area contributed by atoms with Crippen molar-refractivity contribution >= 4 is 23.2 Å². The zero-order valence-corrected chi connectivity index (χ0v) is 21.8. The van der Waals surface area contributed by atoms with Gasteiger partial charge in [0, 0.05) is 30.4 Å². The molecule has 1 atom stereocenters. The van der Waals surface area contributed by atoms with Crippen LogP contribution in [0.15, 0.2) is 84.9 Å². The molecule has 6 nitrogen and oxygen atoms in total. The summed E-state index contributed by atoms with van der Waals surface area (Å²) in [7, 11) is 1.63. The molecule has 37 heavy (non-hydrogen) atoms. The van der Waals surface area contributed by atoms with Crippen molar-refractivity contribution in [3.05, 3.63) is 90.5 Å². The zero-order chi connectivity index (χ0) is 26.0. The highest BCUT2D eigenvalue weighted by Crippen LogP contribution is 2.25. The van der Waals surface area contributed by atoms with Crippen LogP contribution in [-0.2, 0) is 16.0 Å². The van der Waals surface area contributed by atoms with Crippen LogP contribution in [0.4, 0.5) is 11.4 Å². The SMILES string of the molecule is COc1ccc(NC(=O)CC2CCN(C(C)CN(C(=O)Cc3ccccc3)c3ccccc3)CC2)cc1. The van der Waals surface area contributed by atoms with Gasteiger partial charge in [-0.15, -0.1) is 0 Å². The van der Waals surface area contributed by atoms with Crippen LogP contribution in [0.1, 0.15) is 31.7 Å². The van der Waals surface area contributed by atoms with E-state index in [2.05, 4.69) is 17.1 Å². The first-order chi connectivity index (χ1) is 18.0. The molecule has 4 rings (SSSR count). The molecule has 1 aliphatic rings. The molecule has 0 spiro atoms. The second kappa shape index (κ2) is 13.1. The third-order valence-corrected chi connectivity index (χ3v) is 7.13. The minimum absolute atomic E-state index is 0.0541. The summed E-state index contributed by atoms with van der Waals surface area (Å²) in [4.78, 5) is 30.3. The van der Waals surface area contributed by atoms with Gasteiger partial charge in [0.25, 0.3) is 0 Å². The highest BCUT2D eigenvalue weighted by Gasteiger charge is 2.27. The van der Waals surface area contributed by atoms with Gasteiger partial charge in [-0.3, -0.25) is 14.5 Å². The van der Waals surface area contributed by atoms with Crippen molar-refractivity contribution in [1.29, 1.82) is 0 Å². The van der Waals surface area contributed by atoms with E-state index in [1.165, 1.54) is 0 Å². The number of amides is 2. The molecular formula is C31H37N3O3. The van der Waals surface area contributed by atoms with Crippen LogP contribution >= 0.6 is 0 Å². The summed E-state index contributed by atoms with van der Waals surface area (Å²) in [5.74, 6) is 1.30. The summed E-state index contributed by atoms with van der Waals surface area (Å²) < 4.78 is 5.17. The summed E-state index contributed by atoms with van der Waals surface area (Å²) in [6.45, 7) is 4.69. The number of ether oxygens (including phenoxy) is 1. The summed E-state index contributed by atoms with van der Waals surface area (Å²) in [6, 6.07) is 27.5. The quantitative estimate of drug-likeness (QED) is 0.406. The Balaban J connectivity index is 1.29. The van der Waals surface area contributed by atoms with E-state index in [0.29, 0.717) is 25.3 Å². The first-order valence-electron chi connectivity index (χ1n) is 13.1. The van der Waals surface area contributed by atoms with Crippen molar-refractivity contribution in [2.45, 2.75) is 38.6 Å². The Labute approximate surface area is 220 Å². The van der Waals surface area contributed by atoms with Gasteiger partial charge in [-0.2, -0.15) is 0 Å². The fourth-order valence-electron chi connectivity index (χ4n) is 4.95. The van der Waals surface area contributed by atoms with Crippen molar-refractivity contribution in [3.8, 4) is 5.75 Å². The molecule has 1 saturated heterocycles. The molecule has 2 amide bonds. The van der Waals surface area contributed by atoms with Gasteiger partial charge in [0.2, 0.25) is 11.8 Å². The fourth-order valence-corrected chi connectivity index (χ4v) is 4.95. The van der Waals surface area contributed by atoms with Gasteiger partial charge in [0.1, 0.15) is 5.75 Å². The van der Waals surface area contributed by atoms with Crippen molar-refractivity contribution in [2.75, 3.05) is 37.0 Å². The highest BCUT2D eigenvalue weighted by atomic mass is 16.5. The first kappa shape index (κ1) is 26.4. The number of piperidine rings is 1. The van der Waals surface area contributed by atoms with Crippen LogP contribution in [0.2, 0.25) is 0 Å². The van der Waals surface area contributed by atoms with E-state index in [4.69, 9.17) is 4.74 Å². The van der Waals surface area contributed by atoms with E-state index >= 15 is 0 Å². The molecule has 0 bridgehead atoms. The second-order valence-electron chi connectivity index (χ2n) is 9.81. The number of carbonyl (C=O) groups excluding carboxylic acids is 2. The maximum absolute atomic E-state index is 13.3. The molecule has 6 heteroatoms. The maximum Gasteiger partial charge on any atom is 0.231 e. The molecule has 0 aromatic heterocycles. The summed E-state index contributed by atoms with van der Waals surface area (Å²) >= 11 is 0. The van der Waals surface area contributed by atoms with E-state index in [1.807, 2.05) is 89.8 Å². The topological polar surface area (TPSA) is 61.9 Å². The van der Waals surface area contributed by atoms with E-state index in [0.717, 1.165) is 48.6 Å². The minimum atomic E-state index is 0.0541. The molecule has 1 fully saturated rings. The number of hydrogen-bond donors (Lipinski definition) is 1. The average Bonchev–Trinajstić information content (AvgIpc) is 2.93. The Morgan fingerprint density at radius 3 is 2.19 bits per heavy atom. The third kappa shape index (κ3) is 7.67. The van der Waals surface area contributed by atoms with E-state index < -0.39 is 0 Å². The maximum atomic E-state index is 13.3. The summed E-state index contributed by atoms with van der Waals surface area (Å²) in [5.41, 5.74) is 2.74. The lowest BCUT2D eigenvalue weighted by molar-refractivity contribution is -0.119. The number of anilines is 2. The zero-order valence-electron chi connectivity index (χ0n) is 21.8. The number of hydrogen-bond acceptors (Lipinski definition) is 4. The van der Waals surface area contributed by atoms with Gasteiger partial charge >= 0.3 is 0 Å². The molecule has 1 N–H and O–H groups in total. The number of nitrogens with one attached hydrogen (secondary N) is 1. The fraction of sp³-hybridized carbons (Fsp3) is 0.355. The molecule has 0 radical (unpaired) electrons. The Morgan fingerprint density at radius 2 is 1.57 bits per heavy atom. The molecule has 0 aliphatic carbocycles. The van der Waals surface area contributed by atoms with Crippen LogP contribution in [0.5, 0.6) is 5.75 Å². The molecule has 1 unspecified atom stereocenters. The first-order valence-corrected chi connectivity index (χ1v) is 13.1. The van der Waals surface area contributed by atoms with Crippen molar-refractivity contribution in [1.82, 2.24) is 4.90 Å². The number of benzene rings is 3. The van der Waals surface area contributed by atoms with Crippen LogP contribution in [0.3, 0.4) is 0 Å². The Morgan fingerprint density at radius 1 is 0.946 bits per heavy atom. The molecule has 194 valence electrons. The standard InChI is InChI=1S/C31H37N3O3/c1-24(23-34(28-11-7-4-8-12-28)31(36)22-25-9-5-3-6-10-25)33-19-17-26(18-20-33)21-30(35)32-27-13-15-29(37-2)16-14-27/h3-16,24,26H,17-23H2,1-2H3,(H,32,35). The van der Waals surface area contributed by atoms with E-state index in [9.17, 15) is 9.59 Å². The molecular weight excluding hydrogens is 462 g/mol. The smallest absolute Gasteiger partial charge is 0.231 e. The van der Waals surface area contributed by atoms with Crippen LogP contribution in [-0.4, -0.2) is 49.5 Å². The largest absolute Gasteiger partial charge is 0.497 e. The van der Waals surface area contributed by atoms with Crippen molar-refractivity contribution < 1.29 is 14.3 Å². The van der Waals surface area contributed by atoms with Gasteiger partial charge in [-0.1, -0.05) is 48.5 Å². The minimum Gasteiger partial charge on any atom is -0.497 e. The van der Waals surface area contributed by atoms with Gasteiger partial charge in [0.15, 0.2) is 0 Å². The molecule has 1 aliphatic heterocycles. The number of nitrogens with zero attached hydrogens (tertiary/aromatic N) is 2. The second-order valence-corrected chi connectivity index (χ2v) is 9.81. The number of rotatable bonds is 10. The highest BCUT2D eigenvalue weighted by molar-refractivity contribution is 5.94. The Kier molecular flexibility index (Phi) is 9.33. The average molecular weight is 500 g/mol. The summed E-state index contributed by atoms with van der Waals surface area (Å²) in [6.07, 6.45) is 2.86. The molecule has 3 aromatic rings. The van der Waals surface area contributed by atoms with Crippen LogP contribution < -0.4 is 15.0 Å².